The van der Waals surface area contributed by atoms with E-state index < -0.39 is 25.7 Å². The number of hydrogen-bond donors (Lipinski definition) is 2. The minimum Gasteiger partial charge on any atom is -0.504 e. The van der Waals surface area contributed by atoms with Gasteiger partial charge in [-0.25, -0.2) is 0 Å². The molecule has 10 heteroatoms. The lowest BCUT2D eigenvalue weighted by Gasteiger charge is -2.08. The number of benzene rings is 3. The van der Waals surface area contributed by atoms with Gasteiger partial charge in [0.15, 0.2) is 11.4 Å². The maximum absolute atomic E-state index is 11.6. The van der Waals surface area contributed by atoms with Gasteiger partial charge in [-0.05, 0) is 29.5 Å². The van der Waals surface area contributed by atoms with Gasteiger partial charge in [-0.3, -0.25) is 14.7 Å². The third-order valence-electron chi connectivity index (χ3n) is 4.14. The highest BCUT2D eigenvalue weighted by molar-refractivity contribution is 7.86. The molecule has 28 heavy (non-hydrogen) atoms. The second-order valence-corrected chi connectivity index (χ2v) is 7.29. The Morgan fingerprint density at radius 3 is 2.46 bits per heavy atom. The monoisotopic (exact) mass is 401 g/mol. The number of phenolic OH excluding ortho intramolecular Hbond substituents is 1. The summed E-state index contributed by atoms with van der Waals surface area (Å²) in [5.74, 6) is -0.794. The molecule has 9 nitrogen and oxygen atoms in total. The number of nitro benzene ring substituents is 1. The fourth-order valence-corrected chi connectivity index (χ4v) is 3.33. The van der Waals surface area contributed by atoms with Crippen molar-refractivity contribution in [1.29, 1.82) is 0 Å². The lowest BCUT2D eigenvalue weighted by Crippen LogP contribution is -1.98. The van der Waals surface area contributed by atoms with Crippen molar-refractivity contribution >= 4 is 38.0 Å². The van der Waals surface area contributed by atoms with Crippen LogP contribution in [0.1, 0.15) is 12.5 Å². The minimum absolute atomic E-state index is 0.0528. The summed E-state index contributed by atoms with van der Waals surface area (Å²) in [4.78, 5) is 9.99. The van der Waals surface area contributed by atoms with Crippen LogP contribution in [0.5, 0.6) is 5.75 Å². The van der Waals surface area contributed by atoms with Crippen LogP contribution in [-0.2, 0) is 16.5 Å². The Bertz CT molecular complexity index is 1220. The van der Waals surface area contributed by atoms with E-state index in [1.54, 1.807) is 30.3 Å². The largest absolute Gasteiger partial charge is 0.504 e. The van der Waals surface area contributed by atoms with Gasteiger partial charge in [0.05, 0.1) is 4.92 Å². The third-order valence-corrected chi connectivity index (χ3v) is 5.01. The first-order valence-corrected chi connectivity index (χ1v) is 9.57. The molecule has 0 aromatic heterocycles. The Kier molecular flexibility index (Phi) is 5.08. The number of nitrogens with zero attached hydrogens (tertiary/aromatic N) is 3. The van der Waals surface area contributed by atoms with Gasteiger partial charge in [0.25, 0.3) is 15.8 Å². The fraction of sp³-hybridized carbons (Fsp3) is 0.111. The lowest BCUT2D eigenvalue weighted by molar-refractivity contribution is -0.384. The van der Waals surface area contributed by atoms with Crippen LogP contribution >= 0.6 is 0 Å². The number of fused-ring (bicyclic) bond motifs is 1. The topological polar surface area (TPSA) is 142 Å². The van der Waals surface area contributed by atoms with E-state index in [2.05, 4.69) is 10.2 Å². The number of azo groups is 1. The molecule has 0 amide bonds. The van der Waals surface area contributed by atoms with Crippen molar-refractivity contribution in [2.24, 2.45) is 10.2 Å². The molecule has 0 aliphatic heterocycles. The van der Waals surface area contributed by atoms with E-state index in [1.807, 2.05) is 6.92 Å². The Hall–Kier alpha value is -3.37. The second kappa shape index (κ2) is 7.33. The van der Waals surface area contributed by atoms with E-state index in [0.29, 0.717) is 17.2 Å². The first kappa shape index (κ1) is 19.4. The number of rotatable bonds is 5. The average molecular weight is 401 g/mol. The highest BCUT2D eigenvalue weighted by Gasteiger charge is 2.22. The summed E-state index contributed by atoms with van der Waals surface area (Å²) in [6, 6.07) is 12.0. The van der Waals surface area contributed by atoms with Crippen molar-refractivity contribution in [3.05, 3.63) is 64.2 Å². The summed E-state index contributed by atoms with van der Waals surface area (Å²) in [6.45, 7) is 1.85. The summed E-state index contributed by atoms with van der Waals surface area (Å²) in [7, 11) is -4.72. The van der Waals surface area contributed by atoms with Gasteiger partial charge < -0.3 is 5.11 Å². The molecule has 0 heterocycles. The zero-order valence-corrected chi connectivity index (χ0v) is 15.4. The molecule has 0 atom stereocenters. The van der Waals surface area contributed by atoms with Crippen molar-refractivity contribution < 1.29 is 23.0 Å². The maximum Gasteiger partial charge on any atom is 0.298 e. The zero-order valence-electron chi connectivity index (χ0n) is 14.6. The molecule has 0 saturated heterocycles. The molecule has 0 saturated carbocycles. The van der Waals surface area contributed by atoms with Crippen molar-refractivity contribution in [2.75, 3.05) is 0 Å². The van der Waals surface area contributed by atoms with Crippen LogP contribution in [-0.4, -0.2) is 23.0 Å². The standard InChI is InChI=1S/C18H15N3O6S/c1-2-11-7-8-14(15(9-11)21(23)24)19-20-17-13-6-4-3-5-12(13)10-16(18(17)22)28(25,26)27/h3-10,22H,2H2,1H3,(H,25,26,27). The average Bonchev–Trinajstić information content (AvgIpc) is 2.65. The molecule has 2 N–H and O–H groups in total. The summed E-state index contributed by atoms with van der Waals surface area (Å²) < 4.78 is 32.5. The van der Waals surface area contributed by atoms with Gasteiger partial charge in [0.1, 0.15) is 10.6 Å². The first-order chi connectivity index (χ1) is 13.2. The second-order valence-electron chi connectivity index (χ2n) is 5.90. The SMILES string of the molecule is CCc1ccc(N=Nc2c(O)c(S(=O)(=O)O)cc3ccccc23)c([N+](=O)[O-])c1. The fourth-order valence-electron chi connectivity index (χ4n) is 2.71. The number of nitro groups is 1. The van der Waals surface area contributed by atoms with Crippen molar-refractivity contribution in [2.45, 2.75) is 18.2 Å². The van der Waals surface area contributed by atoms with Crippen molar-refractivity contribution in [3.8, 4) is 5.75 Å². The van der Waals surface area contributed by atoms with Crippen LogP contribution in [0.25, 0.3) is 10.8 Å². The summed E-state index contributed by atoms with van der Waals surface area (Å²) >= 11 is 0. The lowest BCUT2D eigenvalue weighted by atomic mass is 10.1. The number of aryl methyl sites for hydroxylation is 1. The molecule has 3 rings (SSSR count). The van der Waals surface area contributed by atoms with Gasteiger partial charge in [0.2, 0.25) is 0 Å². The highest BCUT2D eigenvalue weighted by Crippen LogP contribution is 2.41. The molecule has 0 radical (unpaired) electrons. The molecule has 0 aliphatic rings. The van der Waals surface area contributed by atoms with E-state index >= 15 is 0 Å². The quantitative estimate of drug-likeness (QED) is 0.275. The van der Waals surface area contributed by atoms with Crippen molar-refractivity contribution in [3.63, 3.8) is 0 Å². The van der Waals surface area contributed by atoms with E-state index in [9.17, 15) is 28.2 Å². The molecule has 0 spiro atoms. The first-order valence-electron chi connectivity index (χ1n) is 8.13. The molecule has 144 valence electrons. The summed E-state index contributed by atoms with van der Waals surface area (Å²) in [5.41, 5.74) is 0.202. The van der Waals surface area contributed by atoms with Crippen molar-refractivity contribution in [1.82, 2.24) is 0 Å². The van der Waals surface area contributed by atoms with E-state index in [1.165, 1.54) is 12.1 Å². The number of hydrogen-bond acceptors (Lipinski definition) is 7. The van der Waals surface area contributed by atoms with Crippen LogP contribution in [0.2, 0.25) is 0 Å². The number of aromatic hydroxyl groups is 1. The van der Waals surface area contributed by atoms with Crippen LogP contribution < -0.4 is 0 Å². The molecular formula is C18H15N3O6S. The third kappa shape index (κ3) is 3.68. The maximum atomic E-state index is 11.6. The van der Waals surface area contributed by atoms with E-state index in [0.717, 1.165) is 11.6 Å². The molecular weight excluding hydrogens is 386 g/mol. The van der Waals surface area contributed by atoms with Gasteiger partial charge in [0, 0.05) is 11.5 Å². The van der Waals surface area contributed by atoms with Crippen LogP contribution in [0, 0.1) is 10.1 Å². The van der Waals surface area contributed by atoms with Gasteiger partial charge in [-0.1, -0.05) is 37.3 Å². The minimum atomic E-state index is -4.72. The molecule has 3 aromatic carbocycles. The smallest absolute Gasteiger partial charge is 0.298 e. The van der Waals surface area contributed by atoms with Gasteiger partial charge >= 0.3 is 0 Å². The predicted molar refractivity (Wildman–Crippen MR) is 102 cm³/mol. The Balaban J connectivity index is 2.23. The number of phenols is 1. The molecule has 3 aromatic rings. The summed E-state index contributed by atoms with van der Waals surface area (Å²) in [6.07, 6.45) is 0.597. The zero-order chi connectivity index (χ0) is 20.5. The van der Waals surface area contributed by atoms with Crippen LogP contribution in [0.3, 0.4) is 0 Å². The Morgan fingerprint density at radius 1 is 1.11 bits per heavy atom. The Morgan fingerprint density at radius 2 is 1.82 bits per heavy atom. The molecule has 0 fully saturated rings. The van der Waals surface area contributed by atoms with Crippen LogP contribution in [0.4, 0.5) is 17.1 Å². The molecule has 0 unspecified atom stereocenters. The van der Waals surface area contributed by atoms with Crippen LogP contribution in [0.15, 0.2) is 63.7 Å². The summed E-state index contributed by atoms with van der Waals surface area (Å²) in [5, 5.41) is 30.1. The van der Waals surface area contributed by atoms with E-state index in [-0.39, 0.29) is 17.1 Å². The molecule has 0 bridgehead atoms. The predicted octanol–water partition coefficient (Wildman–Crippen LogP) is 4.68. The normalized spacial score (nSPS) is 11.9. The Labute approximate surface area is 159 Å². The highest BCUT2D eigenvalue weighted by atomic mass is 32.2. The molecule has 0 aliphatic carbocycles. The van der Waals surface area contributed by atoms with E-state index in [4.69, 9.17) is 0 Å². The van der Waals surface area contributed by atoms with Gasteiger partial charge in [-0.15, -0.1) is 10.2 Å². The van der Waals surface area contributed by atoms with Gasteiger partial charge in [-0.2, -0.15) is 8.42 Å².